The molecule has 3 aromatic carbocycles. The topological polar surface area (TPSA) is 97.6 Å². The minimum Gasteiger partial charge on any atom is -0.302 e. The number of nitro benzene ring substituents is 1. The van der Waals surface area contributed by atoms with E-state index in [1.165, 1.54) is 18.2 Å². The zero-order chi connectivity index (χ0) is 24.0. The van der Waals surface area contributed by atoms with Gasteiger partial charge in [-0.05, 0) is 34.7 Å². The summed E-state index contributed by atoms with van der Waals surface area (Å²) >= 11 is 0. The lowest BCUT2D eigenvalue weighted by Gasteiger charge is -2.56. The number of non-ortho nitro benzene ring substituents is 1. The van der Waals surface area contributed by atoms with Crippen LogP contribution in [0.1, 0.15) is 34.7 Å². The van der Waals surface area contributed by atoms with Crippen molar-refractivity contribution in [2.24, 2.45) is 11.8 Å². The number of imide groups is 1. The van der Waals surface area contributed by atoms with Crippen LogP contribution in [0.15, 0.2) is 66.7 Å². The van der Waals surface area contributed by atoms with Crippen LogP contribution in [0.3, 0.4) is 0 Å². The van der Waals surface area contributed by atoms with Gasteiger partial charge in [-0.1, -0.05) is 61.5 Å². The predicted octanol–water partition coefficient (Wildman–Crippen LogP) is 3.83. The summed E-state index contributed by atoms with van der Waals surface area (Å²) in [5, 5.41) is 11.4. The van der Waals surface area contributed by atoms with Crippen LogP contribution in [0.2, 0.25) is 0 Å². The fourth-order valence-corrected chi connectivity index (χ4v) is 6.65. The van der Waals surface area contributed by atoms with Crippen LogP contribution >= 0.6 is 0 Å². The Morgan fingerprint density at radius 2 is 1.41 bits per heavy atom. The molecule has 1 heterocycles. The van der Waals surface area contributed by atoms with Gasteiger partial charge in [0.1, 0.15) is 6.29 Å². The highest BCUT2D eigenvalue weighted by Gasteiger charge is 2.72. The van der Waals surface area contributed by atoms with Gasteiger partial charge in [0.05, 0.1) is 27.9 Å². The number of carbonyl (C=O) groups excluding carboxylic acids is 3. The van der Waals surface area contributed by atoms with Gasteiger partial charge in [0.25, 0.3) is 5.69 Å². The quantitative estimate of drug-likeness (QED) is 0.260. The molecule has 7 heteroatoms. The van der Waals surface area contributed by atoms with Crippen LogP contribution in [-0.4, -0.2) is 23.0 Å². The molecule has 2 bridgehead atoms. The smallest absolute Gasteiger partial charge is 0.271 e. The molecule has 34 heavy (non-hydrogen) atoms. The second-order valence-corrected chi connectivity index (χ2v) is 9.48. The summed E-state index contributed by atoms with van der Waals surface area (Å²) in [7, 11) is 0. The molecule has 0 unspecified atom stereocenters. The molecule has 4 aliphatic rings. The lowest BCUT2D eigenvalue weighted by Crippen LogP contribution is -2.61. The van der Waals surface area contributed by atoms with Crippen LogP contribution < -0.4 is 4.90 Å². The van der Waals surface area contributed by atoms with Crippen LogP contribution in [-0.2, 0) is 25.2 Å². The first-order chi connectivity index (χ1) is 16.3. The molecule has 0 radical (unpaired) electrons. The maximum atomic E-state index is 14.1. The minimum atomic E-state index is -1.31. The second kappa shape index (κ2) is 6.47. The molecule has 0 saturated carbocycles. The molecule has 2 amide bonds. The molecule has 7 rings (SSSR count). The Morgan fingerprint density at radius 1 is 0.882 bits per heavy atom. The normalized spacial score (nSPS) is 28.4. The number of benzene rings is 3. The monoisotopic (exact) mass is 452 g/mol. The first-order valence-electron chi connectivity index (χ1n) is 11.1. The van der Waals surface area contributed by atoms with Crippen LogP contribution in [0.5, 0.6) is 0 Å². The number of rotatable bonds is 3. The van der Waals surface area contributed by atoms with E-state index < -0.39 is 39.4 Å². The van der Waals surface area contributed by atoms with Crippen molar-refractivity contribution in [3.05, 3.63) is 105 Å². The Hall–Kier alpha value is -4.13. The fourth-order valence-electron chi connectivity index (χ4n) is 6.65. The molecular formula is C27H20N2O5. The van der Waals surface area contributed by atoms with Crippen molar-refractivity contribution in [1.82, 2.24) is 0 Å². The van der Waals surface area contributed by atoms with E-state index in [4.69, 9.17) is 0 Å². The molecule has 168 valence electrons. The van der Waals surface area contributed by atoms with Crippen molar-refractivity contribution in [3.63, 3.8) is 0 Å². The van der Waals surface area contributed by atoms with E-state index in [-0.39, 0.29) is 11.4 Å². The zero-order valence-corrected chi connectivity index (χ0v) is 18.5. The summed E-state index contributed by atoms with van der Waals surface area (Å²) in [5.74, 6) is -2.68. The van der Waals surface area contributed by atoms with Gasteiger partial charge < -0.3 is 4.79 Å². The van der Waals surface area contributed by atoms with Gasteiger partial charge in [-0.25, -0.2) is 4.90 Å². The van der Waals surface area contributed by atoms with Gasteiger partial charge >= 0.3 is 0 Å². The van der Waals surface area contributed by atoms with Crippen molar-refractivity contribution in [2.45, 2.75) is 24.7 Å². The van der Waals surface area contributed by atoms with E-state index in [0.717, 1.165) is 33.4 Å². The summed E-state index contributed by atoms with van der Waals surface area (Å²) in [5.41, 5.74) is 1.61. The molecule has 7 nitrogen and oxygen atoms in total. The molecule has 0 N–H and O–H groups in total. The Morgan fingerprint density at radius 3 is 1.94 bits per heavy atom. The van der Waals surface area contributed by atoms with E-state index in [2.05, 4.69) is 0 Å². The molecule has 0 aromatic heterocycles. The standard InChI is InChI=1S/C27H20N2O5/c1-15-11-12-16(29(33)34)13-21(15)28-24(31)22-23(25(28)32)27(14-30)19-9-5-3-7-17(19)26(22,2)18-8-4-6-10-20(18)27/h3-14,22-23H,1-2H3/t22-,23+,26?,27?/m0/s1. The minimum absolute atomic E-state index is 0.191. The van der Waals surface area contributed by atoms with Crippen LogP contribution in [0.25, 0.3) is 0 Å². The van der Waals surface area contributed by atoms with Gasteiger partial charge in [-0.15, -0.1) is 0 Å². The lowest BCUT2D eigenvalue weighted by atomic mass is 9.42. The Bertz CT molecular complexity index is 1410. The second-order valence-electron chi connectivity index (χ2n) is 9.48. The molecular weight excluding hydrogens is 432 g/mol. The van der Waals surface area contributed by atoms with E-state index in [9.17, 15) is 24.5 Å². The molecule has 1 fully saturated rings. The van der Waals surface area contributed by atoms with E-state index in [1.54, 1.807) is 6.92 Å². The van der Waals surface area contributed by atoms with Crippen molar-refractivity contribution in [2.75, 3.05) is 4.90 Å². The molecule has 1 aliphatic heterocycles. The van der Waals surface area contributed by atoms with Crippen molar-refractivity contribution >= 4 is 29.5 Å². The Balaban J connectivity index is 1.67. The summed E-state index contributed by atoms with van der Waals surface area (Å²) in [6.45, 7) is 3.67. The summed E-state index contributed by atoms with van der Waals surface area (Å²) in [4.78, 5) is 53.1. The summed E-state index contributed by atoms with van der Waals surface area (Å²) in [6.07, 6.45) is 0.816. The molecule has 1 saturated heterocycles. The van der Waals surface area contributed by atoms with Gasteiger partial charge in [0.15, 0.2) is 0 Å². The van der Waals surface area contributed by atoms with E-state index in [1.807, 2.05) is 55.5 Å². The molecule has 0 spiro atoms. The highest BCUT2D eigenvalue weighted by Crippen LogP contribution is 2.66. The maximum Gasteiger partial charge on any atom is 0.271 e. The van der Waals surface area contributed by atoms with E-state index in [0.29, 0.717) is 5.56 Å². The van der Waals surface area contributed by atoms with E-state index >= 15 is 0 Å². The predicted molar refractivity (Wildman–Crippen MR) is 123 cm³/mol. The fraction of sp³-hybridized carbons (Fsp3) is 0.222. The summed E-state index contributed by atoms with van der Waals surface area (Å²) in [6, 6.07) is 19.2. The molecule has 2 atom stereocenters. The number of hydrogen-bond acceptors (Lipinski definition) is 5. The number of aldehydes is 1. The average molecular weight is 452 g/mol. The molecule has 3 aromatic rings. The third kappa shape index (κ3) is 2.10. The van der Waals surface area contributed by atoms with Crippen molar-refractivity contribution in [1.29, 1.82) is 0 Å². The van der Waals surface area contributed by atoms with Gasteiger partial charge in [-0.3, -0.25) is 19.7 Å². The Labute approximate surface area is 195 Å². The van der Waals surface area contributed by atoms with Crippen molar-refractivity contribution in [3.8, 4) is 0 Å². The third-order valence-corrected chi connectivity index (χ3v) is 8.11. The highest BCUT2D eigenvalue weighted by atomic mass is 16.6. The first-order valence-corrected chi connectivity index (χ1v) is 11.1. The maximum absolute atomic E-state index is 14.1. The van der Waals surface area contributed by atoms with Crippen LogP contribution in [0.4, 0.5) is 11.4 Å². The number of carbonyl (C=O) groups is 3. The SMILES string of the molecule is Cc1ccc([N+](=O)[O-])cc1N1C(=O)[C@@H]2[C@H](C1=O)C1(C=O)c3ccccc3C2(C)c2ccccc21. The lowest BCUT2D eigenvalue weighted by molar-refractivity contribution is -0.384. The number of nitro groups is 1. The van der Waals surface area contributed by atoms with Gasteiger partial charge in [0, 0.05) is 17.5 Å². The van der Waals surface area contributed by atoms with Gasteiger partial charge in [-0.2, -0.15) is 0 Å². The van der Waals surface area contributed by atoms with Gasteiger partial charge in [0.2, 0.25) is 11.8 Å². The number of nitrogens with zero attached hydrogens (tertiary/aromatic N) is 2. The number of aryl methyl sites for hydroxylation is 1. The molecule has 3 aliphatic carbocycles. The number of amides is 2. The average Bonchev–Trinajstić information content (AvgIpc) is 3.12. The summed E-state index contributed by atoms with van der Waals surface area (Å²) < 4.78 is 0. The highest BCUT2D eigenvalue weighted by molar-refractivity contribution is 6.25. The number of hydrogen-bond donors (Lipinski definition) is 0. The zero-order valence-electron chi connectivity index (χ0n) is 18.5. The Kier molecular flexibility index (Phi) is 3.90. The number of anilines is 1. The largest absolute Gasteiger partial charge is 0.302 e. The third-order valence-electron chi connectivity index (χ3n) is 8.11. The van der Waals surface area contributed by atoms with Crippen molar-refractivity contribution < 1.29 is 19.3 Å². The van der Waals surface area contributed by atoms with Crippen LogP contribution in [0, 0.1) is 28.9 Å². The first kappa shape index (κ1) is 20.5.